The predicted octanol–water partition coefficient (Wildman–Crippen LogP) is 2.36. The fourth-order valence-corrected chi connectivity index (χ4v) is 2.49. The van der Waals surface area contributed by atoms with E-state index in [1.54, 1.807) is 14.2 Å². The number of para-hydroxylation sites is 1. The van der Waals surface area contributed by atoms with Gasteiger partial charge in [-0.25, -0.2) is 0 Å². The monoisotopic (exact) mass is 265 g/mol. The predicted molar refractivity (Wildman–Crippen MR) is 74.8 cm³/mol. The maximum absolute atomic E-state index is 5.69. The molecule has 19 heavy (non-hydrogen) atoms. The van der Waals surface area contributed by atoms with Crippen molar-refractivity contribution in [2.75, 3.05) is 20.8 Å². The van der Waals surface area contributed by atoms with Gasteiger partial charge in [-0.15, -0.1) is 0 Å². The van der Waals surface area contributed by atoms with Crippen LogP contribution in [-0.4, -0.2) is 33.0 Å². The summed E-state index contributed by atoms with van der Waals surface area (Å²) in [4.78, 5) is 0. The first kappa shape index (κ1) is 14.2. The highest BCUT2D eigenvalue weighted by atomic mass is 16.5. The first-order chi connectivity index (χ1) is 9.26. The van der Waals surface area contributed by atoms with Crippen molar-refractivity contribution < 1.29 is 14.2 Å². The molecule has 1 aromatic rings. The number of hydrogen-bond acceptors (Lipinski definition) is 4. The van der Waals surface area contributed by atoms with Crippen molar-refractivity contribution in [3.63, 3.8) is 0 Å². The van der Waals surface area contributed by atoms with E-state index in [1.165, 1.54) is 6.42 Å². The number of hydrogen-bond donors (Lipinski definition) is 1. The Morgan fingerprint density at radius 1 is 1.37 bits per heavy atom. The van der Waals surface area contributed by atoms with Crippen LogP contribution in [0, 0.1) is 0 Å². The molecular weight excluding hydrogens is 242 g/mol. The molecule has 0 saturated carbocycles. The van der Waals surface area contributed by atoms with Gasteiger partial charge in [-0.3, -0.25) is 0 Å². The van der Waals surface area contributed by atoms with Crippen molar-refractivity contribution in [2.45, 2.75) is 38.5 Å². The van der Waals surface area contributed by atoms with E-state index in [0.29, 0.717) is 12.1 Å². The Hall–Kier alpha value is -1.26. The third kappa shape index (κ3) is 3.39. The van der Waals surface area contributed by atoms with Crippen LogP contribution in [0.2, 0.25) is 0 Å². The number of nitrogens with one attached hydrogen (secondary N) is 1. The Morgan fingerprint density at radius 3 is 2.84 bits per heavy atom. The van der Waals surface area contributed by atoms with Crippen LogP contribution < -0.4 is 14.8 Å². The second-order valence-corrected chi connectivity index (χ2v) is 4.87. The minimum atomic E-state index is 0.330. The van der Waals surface area contributed by atoms with E-state index < -0.39 is 0 Å². The third-order valence-corrected chi connectivity index (χ3v) is 3.62. The lowest BCUT2D eigenvalue weighted by molar-refractivity contribution is 0.0831. The molecule has 0 aliphatic carbocycles. The summed E-state index contributed by atoms with van der Waals surface area (Å²) >= 11 is 0. The molecule has 0 amide bonds. The molecule has 1 saturated heterocycles. The third-order valence-electron chi connectivity index (χ3n) is 3.62. The Kier molecular flexibility index (Phi) is 5.05. The lowest BCUT2D eigenvalue weighted by atomic mass is 10.1. The molecule has 0 aromatic heterocycles. The topological polar surface area (TPSA) is 39.7 Å². The highest BCUT2D eigenvalue weighted by Gasteiger charge is 2.22. The van der Waals surface area contributed by atoms with Gasteiger partial charge in [-0.05, 0) is 25.8 Å². The molecule has 1 heterocycles. The van der Waals surface area contributed by atoms with Crippen molar-refractivity contribution in [1.82, 2.24) is 5.32 Å². The SMILES string of the molecule is COc1cccc(CNC(C)C2CCCO2)c1OC. The molecule has 2 unspecified atom stereocenters. The van der Waals surface area contributed by atoms with Gasteiger partial charge in [-0.2, -0.15) is 0 Å². The van der Waals surface area contributed by atoms with Crippen molar-refractivity contribution in [3.05, 3.63) is 23.8 Å². The number of rotatable bonds is 6. The van der Waals surface area contributed by atoms with Crippen LogP contribution >= 0.6 is 0 Å². The van der Waals surface area contributed by atoms with Gasteiger partial charge in [0.25, 0.3) is 0 Å². The molecule has 1 aliphatic heterocycles. The van der Waals surface area contributed by atoms with Crippen LogP contribution in [0.25, 0.3) is 0 Å². The Balaban J connectivity index is 1.98. The van der Waals surface area contributed by atoms with E-state index in [0.717, 1.165) is 36.6 Å². The smallest absolute Gasteiger partial charge is 0.165 e. The van der Waals surface area contributed by atoms with E-state index in [9.17, 15) is 0 Å². The standard InChI is InChI=1S/C15H23NO3/c1-11(13-8-5-9-19-13)16-10-12-6-4-7-14(17-2)15(12)18-3/h4,6-7,11,13,16H,5,8-10H2,1-3H3. The van der Waals surface area contributed by atoms with Crippen molar-refractivity contribution >= 4 is 0 Å². The Bertz CT molecular complexity index is 402. The number of benzene rings is 1. The molecule has 2 rings (SSSR count). The largest absolute Gasteiger partial charge is 0.493 e. The van der Waals surface area contributed by atoms with Gasteiger partial charge >= 0.3 is 0 Å². The van der Waals surface area contributed by atoms with Crippen molar-refractivity contribution in [2.24, 2.45) is 0 Å². The zero-order chi connectivity index (χ0) is 13.7. The summed E-state index contributed by atoms with van der Waals surface area (Å²) in [5.74, 6) is 1.57. The van der Waals surface area contributed by atoms with Crippen LogP contribution in [0.1, 0.15) is 25.3 Å². The molecule has 1 aliphatic rings. The van der Waals surface area contributed by atoms with E-state index in [1.807, 2.05) is 12.1 Å². The molecule has 0 spiro atoms. The summed E-state index contributed by atoms with van der Waals surface area (Å²) in [5.41, 5.74) is 1.10. The minimum Gasteiger partial charge on any atom is -0.493 e. The van der Waals surface area contributed by atoms with E-state index in [2.05, 4.69) is 18.3 Å². The fourth-order valence-electron chi connectivity index (χ4n) is 2.49. The first-order valence-corrected chi connectivity index (χ1v) is 6.81. The van der Waals surface area contributed by atoms with Gasteiger partial charge in [-0.1, -0.05) is 12.1 Å². The van der Waals surface area contributed by atoms with E-state index in [4.69, 9.17) is 14.2 Å². The maximum atomic E-state index is 5.69. The average Bonchev–Trinajstić information content (AvgIpc) is 2.98. The molecule has 1 fully saturated rings. The summed E-state index contributed by atoms with van der Waals surface area (Å²) < 4.78 is 16.4. The fraction of sp³-hybridized carbons (Fsp3) is 0.600. The van der Waals surface area contributed by atoms with Crippen molar-refractivity contribution in [3.8, 4) is 11.5 Å². The molecule has 1 aromatic carbocycles. The lowest BCUT2D eigenvalue weighted by Crippen LogP contribution is -2.36. The van der Waals surface area contributed by atoms with Crippen LogP contribution in [0.4, 0.5) is 0 Å². The number of methoxy groups -OCH3 is 2. The first-order valence-electron chi connectivity index (χ1n) is 6.81. The molecular formula is C15H23NO3. The highest BCUT2D eigenvalue weighted by molar-refractivity contribution is 5.46. The van der Waals surface area contributed by atoms with Gasteiger partial charge in [0, 0.05) is 24.8 Å². The second-order valence-electron chi connectivity index (χ2n) is 4.87. The molecule has 4 nitrogen and oxygen atoms in total. The Morgan fingerprint density at radius 2 is 2.21 bits per heavy atom. The van der Waals surface area contributed by atoms with Gasteiger partial charge in [0.15, 0.2) is 11.5 Å². The van der Waals surface area contributed by atoms with Crippen LogP contribution in [0.15, 0.2) is 18.2 Å². The molecule has 0 radical (unpaired) electrons. The minimum absolute atomic E-state index is 0.330. The average molecular weight is 265 g/mol. The normalized spacial score (nSPS) is 20.3. The van der Waals surface area contributed by atoms with Crippen LogP contribution in [0.3, 0.4) is 0 Å². The molecule has 0 bridgehead atoms. The summed E-state index contributed by atoms with van der Waals surface area (Å²) in [5, 5.41) is 3.51. The molecule has 4 heteroatoms. The highest BCUT2D eigenvalue weighted by Crippen LogP contribution is 2.30. The van der Waals surface area contributed by atoms with E-state index in [-0.39, 0.29) is 0 Å². The lowest BCUT2D eigenvalue weighted by Gasteiger charge is -2.21. The maximum Gasteiger partial charge on any atom is 0.165 e. The van der Waals surface area contributed by atoms with E-state index >= 15 is 0 Å². The summed E-state index contributed by atoms with van der Waals surface area (Å²) in [6, 6.07) is 6.29. The summed E-state index contributed by atoms with van der Waals surface area (Å²) in [6.45, 7) is 3.81. The zero-order valence-corrected chi connectivity index (χ0v) is 11.9. The number of ether oxygens (including phenoxy) is 3. The molecule has 2 atom stereocenters. The van der Waals surface area contributed by atoms with Gasteiger partial charge in [0.05, 0.1) is 20.3 Å². The summed E-state index contributed by atoms with van der Waals surface area (Å²) in [6.07, 6.45) is 2.64. The van der Waals surface area contributed by atoms with Crippen LogP contribution in [-0.2, 0) is 11.3 Å². The van der Waals surface area contributed by atoms with Crippen molar-refractivity contribution in [1.29, 1.82) is 0 Å². The van der Waals surface area contributed by atoms with Gasteiger partial charge in [0.2, 0.25) is 0 Å². The summed E-state index contributed by atoms with van der Waals surface area (Å²) in [7, 11) is 3.33. The molecule has 106 valence electrons. The van der Waals surface area contributed by atoms with Crippen LogP contribution in [0.5, 0.6) is 11.5 Å². The molecule has 1 N–H and O–H groups in total. The van der Waals surface area contributed by atoms with Gasteiger partial charge < -0.3 is 19.5 Å². The Labute approximate surface area is 115 Å². The van der Waals surface area contributed by atoms with Gasteiger partial charge in [0.1, 0.15) is 0 Å². The second kappa shape index (κ2) is 6.78. The zero-order valence-electron chi connectivity index (χ0n) is 11.9. The quantitative estimate of drug-likeness (QED) is 0.857.